The summed E-state index contributed by atoms with van der Waals surface area (Å²) < 4.78 is 1.87. The molecule has 4 heteroatoms. The molecule has 0 spiro atoms. The average Bonchev–Trinajstić information content (AvgIpc) is 2.46. The average molecular weight is 176 g/mol. The van der Waals surface area contributed by atoms with E-state index in [2.05, 4.69) is 24.2 Å². The predicted molar refractivity (Wildman–Crippen MR) is 52.3 cm³/mol. The van der Waals surface area contributed by atoms with Crippen LogP contribution in [0.25, 0.3) is 11.0 Å². The molecule has 2 N–H and O–H groups in total. The van der Waals surface area contributed by atoms with Crippen LogP contribution in [-0.4, -0.2) is 15.0 Å². The van der Waals surface area contributed by atoms with E-state index in [1.807, 2.05) is 22.9 Å². The van der Waals surface area contributed by atoms with Gasteiger partial charge in [0.1, 0.15) is 5.52 Å². The van der Waals surface area contributed by atoms with E-state index in [4.69, 9.17) is 5.73 Å². The third-order valence-electron chi connectivity index (χ3n) is 1.98. The Morgan fingerprint density at radius 2 is 2.15 bits per heavy atom. The molecule has 0 fully saturated rings. The van der Waals surface area contributed by atoms with Gasteiger partial charge in [-0.1, -0.05) is 5.21 Å². The number of fused-ring (bicyclic) bond motifs is 1. The zero-order valence-corrected chi connectivity index (χ0v) is 7.73. The zero-order chi connectivity index (χ0) is 9.42. The summed E-state index contributed by atoms with van der Waals surface area (Å²) in [4.78, 5) is 0. The Labute approximate surface area is 76.3 Å². The van der Waals surface area contributed by atoms with E-state index in [1.54, 1.807) is 0 Å². The fourth-order valence-electron chi connectivity index (χ4n) is 1.33. The standard InChI is InChI=1S/C9H12N4/c1-6(2)13-9-5-7(10)3-4-8(9)11-12-13/h3-6H,10H2,1-2H3. The number of hydrogen-bond acceptors (Lipinski definition) is 3. The lowest BCUT2D eigenvalue weighted by Crippen LogP contribution is -2.02. The summed E-state index contributed by atoms with van der Waals surface area (Å²) in [6.07, 6.45) is 0. The second kappa shape index (κ2) is 2.73. The van der Waals surface area contributed by atoms with Crippen LogP contribution < -0.4 is 5.73 Å². The summed E-state index contributed by atoms with van der Waals surface area (Å²) in [6.45, 7) is 4.13. The van der Waals surface area contributed by atoms with Crippen LogP contribution in [0.15, 0.2) is 18.2 Å². The van der Waals surface area contributed by atoms with Crippen molar-refractivity contribution in [2.75, 3.05) is 5.73 Å². The Bertz CT molecular complexity index is 430. The summed E-state index contributed by atoms with van der Waals surface area (Å²) in [5.41, 5.74) is 8.32. The van der Waals surface area contributed by atoms with Crippen LogP contribution in [0.1, 0.15) is 19.9 Å². The van der Waals surface area contributed by atoms with Gasteiger partial charge < -0.3 is 5.73 Å². The maximum absolute atomic E-state index is 5.68. The summed E-state index contributed by atoms with van der Waals surface area (Å²) in [5, 5.41) is 8.09. The molecule has 0 aliphatic heterocycles. The van der Waals surface area contributed by atoms with Crippen molar-refractivity contribution in [1.82, 2.24) is 15.0 Å². The van der Waals surface area contributed by atoms with Crippen LogP contribution in [0, 0.1) is 0 Å². The highest BCUT2D eigenvalue weighted by Gasteiger charge is 2.06. The number of rotatable bonds is 1. The van der Waals surface area contributed by atoms with E-state index < -0.39 is 0 Å². The smallest absolute Gasteiger partial charge is 0.113 e. The summed E-state index contributed by atoms with van der Waals surface area (Å²) in [7, 11) is 0. The van der Waals surface area contributed by atoms with E-state index in [0.717, 1.165) is 16.7 Å². The number of benzene rings is 1. The van der Waals surface area contributed by atoms with Crippen LogP contribution in [0.4, 0.5) is 5.69 Å². The number of hydrogen-bond donors (Lipinski definition) is 1. The van der Waals surface area contributed by atoms with Crippen molar-refractivity contribution in [3.63, 3.8) is 0 Å². The van der Waals surface area contributed by atoms with Crippen LogP contribution >= 0.6 is 0 Å². The SMILES string of the molecule is CC(C)n1nnc2ccc(N)cc21. The van der Waals surface area contributed by atoms with Gasteiger partial charge in [-0.3, -0.25) is 0 Å². The molecule has 1 aromatic carbocycles. The third kappa shape index (κ3) is 1.24. The molecular weight excluding hydrogens is 164 g/mol. The number of anilines is 1. The molecular formula is C9H12N4. The highest BCUT2D eigenvalue weighted by atomic mass is 15.4. The van der Waals surface area contributed by atoms with E-state index in [1.165, 1.54) is 0 Å². The van der Waals surface area contributed by atoms with Crippen molar-refractivity contribution in [2.24, 2.45) is 0 Å². The van der Waals surface area contributed by atoms with E-state index >= 15 is 0 Å². The first-order valence-electron chi connectivity index (χ1n) is 4.29. The number of aromatic nitrogens is 3. The molecule has 68 valence electrons. The molecule has 0 aliphatic carbocycles. The second-order valence-electron chi connectivity index (χ2n) is 3.38. The van der Waals surface area contributed by atoms with Gasteiger partial charge in [-0.25, -0.2) is 4.68 Å². The first kappa shape index (κ1) is 8.04. The highest BCUT2D eigenvalue weighted by Crippen LogP contribution is 2.17. The Morgan fingerprint density at radius 3 is 2.85 bits per heavy atom. The quantitative estimate of drug-likeness (QED) is 0.671. The molecule has 1 heterocycles. The molecule has 0 bridgehead atoms. The lowest BCUT2D eigenvalue weighted by Gasteiger charge is -2.04. The fraction of sp³-hybridized carbons (Fsp3) is 0.333. The van der Waals surface area contributed by atoms with Gasteiger partial charge in [0.25, 0.3) is 0 Å². The van der Waals surface area contributed by atoms with Gasteiger partial charge in [0, 0.05) is 11.7 Å². The highest BCUT2D eigenvalue weighted by molar-refractivity contribution is 5.78. The Morgan fingerprint density at radius 1 is 1.38 bits per heavy atom. The lowest BCUT2D eigenvalue weighted by atomic mass is 10.2. The number of nitrogens with two attached hydrogens (primary N) is 1. The maximum Gasteiger partial charge on any atom is 0.113 e. The second-order valence-corrected chi connectivity index (χ2v) is 3.38. The van der Waals surface area contributed by atoms with Crippen LogP contribution in [-0.2, 0) is 0 Å². The van der Waals surface area contributed by atoms with E-state index in [-0.39, 0.29) is 0 Å². The molecule has 13 heavy (non-hydrogen) atoms. The van der Waals surface area contributed by atoms with Crippen molar-refractivity contribution < 1.29 is 0 Å². The molecule has 0 amide bonds. The molecule has 2 aromatic rings. The van der Waals surface area contributed by atoms with Crippen LogP contribution in [0.5, 0.6) is 0 Å². The minimum Gasteiger partial charge on any atom is -0.399 e. The monoisotopic (exact) mass is 176 g/mol. The van der Waals surface area contributed by atoms with E-state index in [9.17, 15) is 0 Å². The van der Waals surface area contributed by atoms with Crippen molar-refractivity contribution in [1.29, 1.82) is 0 Å². The maximum atomic E-state index is 5.68. The van der Waals surface area contributed by atoms with E-state index in [0.29, 0.717) is 6.04 Å². The zero-order valence-electron chi connectivity index (χ0n) is 7.73. The summed E-state index contributed by atoms with van der Waals surface area (Å²) in [6, 6.07) is 5.93. The van der Waals surface area contributed by atoms with Crippen LogP contribution in [0.2, 0.25) is 0 Å². The molecule has 0 radical (unpaired) electrons. The molecule has 1 aromatic heterocycles. The molecule has 0 aliphatic rings. The van der Waals surface area contributed by atoms with Gasteiger partial charge in [-0.15, -0.1) is 5.10 Å². The molecule has 0 unspecified atom stereocenters. The molecule has 0 atom stereocenters. The number of nitrogen functional groups attached to an aromatic ring is 1. The first-order valence-corrected chi connectivity index (χ1v) is 4.29. The Balaban J connectivity index is 2.71. The molecule has 4 nitrogen and oxygen atoms in total. The largest absolute Gasteiger partial charge is 0.399 e. The van der Waals surface area contributed by atoms with Gasteiger partial charge in [-0.05, 0) is 32.0 Å². The molecule has 0 saturated carbocycles. The predicted octanol–water partition coefficient (Wildman–Crippen LogP) is 1.59. The van der Waals surface area contributed by atoms with Crippen molar-refractivity contribution in [3.8, 4) is 0 Å². The van der Waals surface area contributed by atoms with Gasteiger partial charge in [0.05, 0.1) is 5.52 Å². The van der Waals surface area contributed by atoms with Crippen LogP contribution in [0.3, 0.4) is 0 Å². The van der Waals surface area contributed by atoms with Crippen molar-refractivity contribution in [3.05, 3.63) is 18.2 Å². The Kier molecular flexibility index (Phi) is 1.69. The summed E-state index contributed by atoms with van der Waals surface area (Å²) >= 11 is 0. The Hall–Kier alpha value is -1.58. The normalized spacial score (nSPS) is 11.3. The topological polar surface area (TPSA) is 56.7 Å². The molecule has 0 saturated heterocycles. The fourth-order valence-corrected chi connectivity index (χ4v) is 1.33. The minimum absolute atomic E-state index is 0.312. The molecule has 2 rings (SSSR count). The minimum atomic E-state index is 0.312. The number of nitrogens with zero attached hydrogens (tertiary/aromatic N) is 3. The lowest BCUT2D eigenvalue weighted by molar-refractivity contribution is 0.530. The van der Waals surface area contributed by atoms with Gasteiger partial charge >= 0.3 is 0 Å². The van der Waals surface area contributed by atoms with Crippen molar-refractivity contribution in [2.45, 2.75) is 19.9 Å². The van der Waals surface area contributed by atoms with Gasteiger partial charge in [0.15, 0.2) is 0 Å². The van der Waals surface area contributed by atoms with Gasteiger partial charge in [0.2, 0.25) is 0 Å². The summed E-state index contributed by atoms with van der Waals surface area (Å²) in [5.74, 6) is 0. The third-order valence-corrected chi connectivity index (χ3v) is 1.98. The first-order chi connectivity index (χ1) is 6.18. The van der Waals surface area contributed by atoms with Crippen molar-refractivity contribution >= 4 is 16.7 Å². The van der Waals surface area contributed by atoms with Gasteiger partial charge in [-0.2, -0.15) is 0 Å².